The predicted octanol–water partition coefficient (Wildman–Crippen LogP) is 2.55. The molecule has 0 saturated heterocycles. The molecule has 4 nitrogen and oxygen atoms in total. The fourth-order valence-corrected chi connectivity index (χ4v) is 2.16. The third-order valence-corrected chi connectivity index (χ3v) is 3.27. The van der Waals surface area contributed by atoms with Crippen LogP contribution in [0.4, 0.5) is 4.39 Å². The molecule has 0 aliphatic rings. The van der Waals surface area contributed by atoms with Gasteiger partial charge in [-0.05, 0) is 24.6 Å². The Balaban J connectivity index is 2.56. The van der Waals surface area contributed by atoms with Gasteiger partial charge in [0.2, 0.25) is 5.91 Å². The van der Waals surface area contributed by atoms with Gasteiger partial charge in [0.05, 0.1) is 24.2 Å². The topological polar surface area (TPSA) is 50.4 Å². The van der Waals surface area contributed by atoms with Crippen molar-refractivity contribution in [3.05, 3.63) is 33.6 Å². The Kier molecular flexibility index (Phi) is 7.23. The summed E-state index contributed by atoms with van der Waals surface area (Å²) < 4.78 is 18.3. The van der Waals surface area contributed by atoms with Gasteiger partial charge >= 0.3 is 0 Å². The Morgan fingerprint density at radius 1 is 1.40 bits per heavy atom. The van der Waals surface area contributed by atoms with Gasteiger partial charge in [-0.1, -0.05) is 23.2 Å². The molecule has 2 N–H and O–H groups in total. The lowest BCUT2D eigenvalue weighted by atomic mass is 10.1. The van der Waals surface area contributed by atoms with Crippen molar-refractivity contribution in [2.24, 2.45) is 0 Å². The van der Waals surface area contributed by atoms with Gasteiger partial charge in [-0.2, -0.15) is 0 Å². The first-order valence-electron chi connectivity index (χ1n) is 6.09. The summed E-state index contributed by atoms with van der Waals surface area (Å²) in [5, 5.41) is 5.91. The number of amides is 1. The highest BCUT2D eigenvalue weighted by Crippen LogP contribution is 2.28. The number of benzene rings is 1. The maximum Gasteiger partial charge on any atom is 0.234 e. The van der Waals surface area contributed by atoms with Crippen molar-refractivity contribution in [1.82, 2.24) is 10.6 Å². The van der Waals surface area contributed by atoms with Gasteiger partial charge in [0.1, 0.15) is 5.82 Å². The van der Waals surface area contributed by atoms with Crippen molar-refractivity contribution in [3.63, 3.8) is 0 Å². The minimum absolute atomic E-state index is 0.0430. The number of halogens is 3. The standard InChI is InChI=1S/C13H17Cl2FN2O2/c1-8(18-13(19)7-17-3-4-20-2)9-5-12(16)11(15)6-10(9)14/h5-6,8,17H,3-4,7H2,1-2H3,(H,18,19). The molecule has 0 aliphatic heterocycles. The second kappa shape index (κ2) is 8.42. The molecule has 1 aromatic rings. The van der Waals surface area contributed by atoms with Crippen LogP contribution in [0, 0.1) is 5.82 Å². The molecule has 0 aromatic heterocycles. The molecule has 112 valence electrons. The number of hydrogen-bond acceptors (Lipinski definition) is 3. The second-order valence-electron chi connectivity index (χ2n) is 4.25. The van der Waals surface area contributed by atoms with Crippen LogP contribution in [-0.2, 0) is 9.53 Å². The van der Waals surface area contributed by atoms with E-state index in [0.29, 0.717) is 23.7 Å². The molecule has 7 heteroatoms. The van der Waals surface area contributed by atoms with E-state index in [9.17, 15) is 9.18 Å². The van der Waals surface area contributed by atoms with Crippen LogP contribution >= 0.6 is 23.2 Å². The van der Waals surface area contributed by atoms with Crippen LogP contribution < -0.4 is 10.6 Å². The van der Waals surface area contributed by atoms with Crippen molar-refractivity contribution in [2.45, 2.75) is 13.0 Å². The Morgan fingerprint density at radius 2 is 2.10 bits per heavy atom. The van der Waals surface area contributed by atoms with Crippen LogP contribution in [0.3, 0.4) is 0 Å². The van der Waals surface area contributed by atoms with Crippen LogP contribution in [0.25, 0.3) is 0 Å². The quantitative estimate of drug-likeness (QED) is 0.599. The molecule has 1 unspecified atom stereocenters. The number of hydrogen-bond donors (Lipinski definition) is 2. The number of carbonyl (C=O) groups is 1. The Bertz CT molecular complexity index is 472. The van der Waals surface area contributed by atoms with Crippen molar-refractivity contribution in [1.29, 1.82) is 0 Å². The van der Waals surface area contributed by atoms with E-state index in [-0.39, 0.29) is 17.5 Å². The summed E-state index contributed by atoms with van der Waals surface area (Å²) in [6.07, 6.45) is 0. The first-order valence-corrected chi connectivity index (χ1v) is 6.84. The summed E-state index contributed by atoms with van der Waals surface area (Å²) in [6, 6.07) is 2.15. The fraction of sp³-hybridized carbons (Fsp3) is 0.462. The zero-order valence-electron chi connectivity index (χ0n) is 11.3. The lowest BCUT2D eigenvalue weighted by molar-refractivity contribution is -0.120. The summed E-state index contributed by atoms with van der Waals surface area (Å²) in [5.41, 5.74) is 0.485. The molecule has 1 rings (SSSR count). The second-order valence-corrected chi connectivity index (χ2v) is 5.06. The average Bonchev–Trinajstić information content (AvgIpc) is 2.38. The van der Waals surface area contributed by atoms with Crippen LogP contribution in [0.1, 0.15) is 18.5 Å². The summed E-state index contributed by atoms with van der Waals surface area (Å²) in [4.78, 5) is 11.7. The monoisotopic (exact) mass is 322 g/mol. The normalized spacial score (nSPS) is 12.2. The number of nitrogens with one attached hydrogen (secondary N) is 2. The summed E-state index contributed by atoms with van der Waals surface area (Å²) in [5.74, 6) is -0.773. The van der Waals surface area contributed by atoms with Crippen LogP contribution in [0.5, 0.6) is 0 Å². The molecule has 20 heavy (non-hydrogen) atoms. The van der Waals surface area contributed by atoms with E-state index < -0.39 is 11.9 Å². The van der Waals surface area contributed by atoms with E-state index in [2.05, 4.69) is 10.6 Å². The summed E-state index contributed by atoms with van der Waals surface area (Å²) in [6.45, 7) is 2.98. The minimum atomic E-state index is -0.564. The smallest absolute Gasteiger partial charge is 0.234 e. The summed E-state index contributed by atoms with van der Waals surface area (Å²) >= 11 is 11.6. The molecular formula is C13H17Cl2FN2O2. The highest BCUT2D eigenvalue weighted by molar-refractivity contribution is 6.35. The lowest BCUT2D eigenvalue weighted by Crippen LogP contribution is -2.36. The highest BCUT2D eigenvalue weighted by atomic mass is 35.5. The Hall–Kier alpha value is -0.880. The van der Waals surface area contributed by atoms with Crippen LogP contribution in [0.2, 0.25) is 10.0 Å². The predicted molar refractivity (Wildman–Crippen MR) is 77.7 cm³/mol. The lowest BCUT2D eigenvalue weighted by Gasteiger charge is -2.16. The van der Waals surface area contributed by atoms with Gasteiger partial charge in [-0.3, -0.25) is 4.79 Å². The van der Waals surface area contributed by atoms with Gasteiger partial charge in [-0.15, -0.1) is 0 Å². The third kappa shape index (κ3) is 5.25. The van der Waals surface area contributed by atoms with E-state index in [0.717, 1.165) is 0 Å². The van der Waals surface area contributed by atoms with Gasteiger partial charge < -0.3 is 15.4 Å². The largest absolute Gasteiger partial charge is 0.383 e. The highest BCUT2D eigenvalue weighted by Gasteiger charge is 2.15. The number of ether oxygens (including phenoxy) is 1. The van der Waals surface area contributed by atoms with Crippen molar-refractivity contribution in [2.75, 3.05) is 26.8 Å². The molecule has 0 radical (unpaired) electrons. The van der Waals surface area contributed by atoms with Crippen molar-refractivity contribution >= 4 is 29.1 Å². The molecule has 0 saturated carbocycles. The third-order valence-electron chi connectivity index (χ3n) is 2.65. The van der Waals surface area contributed by atoms with Crippen molar-refractivity contribution in [3.8, 4) is 0 Å². The van der Waals surface area contributed by atoms with Gasteiger partial charge in [0, 0.05) is 18.7 Å². The van der Waals surface area contributed by atoms with Crippen LogP contribution in [0.15, 0.2) is 12.1 Å². The first-order chi connectivity index (χ1) is 9.45. The van der Waals surface area contributed by atoms with Gasteiger partial charge in [-0.25, -0.2) is 4.39 Å². The van der Waals surface area contributed by atoms with E-state index in [1.807, 2.05) is 0 Å². The fourth-order valence-electron chi connectivity index (χ4n) is 1.62. The van der Waals surface area contributed by atoms with E-state index in [1.54, 1.807) is 14.0 Å². The first kappa shape index (κ1) is 17.2. The van der Waals surface area contributed by atoms with E-state index >= 15 is 0 Å². The molecule has 0 heterocycles. The van der Waals surface area contributed by atoms with E-state index in [4.69, 9.17) is 27.9 Å². The molecule has 1 amide bonds. The zero-order valence-corrected chi connectivity index (χ0v) is 12.8. The number of methoxy groups -OCH3 is 1. The molecular weight excluding hydrogens is 306 g/mol. The maximum absolute atomic E-state index is 13.4. The zero-order chi connectivity index (χ0) is 15.1. The Morgan fingerprint density at radius 3 is 2.75 bits per heavy atom. The molecule has 0 fully saturated rings. The van der Waals surface area contributed by atoms with Crippen molar-refractivity contribution < 1.29 is 13.9 Å². The molecule has 1 atom stereocenters. The van der Waals surface area contributed by atoms with E-state index in [1.165, 1.54) is 12.1 Å². The summed E-state index contributed by atoms with van der Waals surface area (Å²) in [7, 11) is 1.58. The van der Waals surface area contributed by atoms with Gasteiger partial charge in [0.25, 0.3) is 0 Å². The van der Waals surface area contributed by atoms with Crippen LogP contribution in [-0.4, -0.2) is 32.7 Å². The number of rotatable bonds is 7. The minimum Gasteiger partial charge on any atom is -0.383 e. The SMILES string of the molecule is COCCNCC(=O)NC(C)c1cc(F)c(Cl)cc1Cl. The molecule has 1 aromatic carbocycles. The Labute approximate surface area is 127 Å². The molecule has 0 spiro atoms. The van der Waals surface area contributed by atoms with Gasteiger partial charge in [0.15, 0.2) is 0 Å². The average molecular weight is 323 g/mol. The number of carbonyl (C=O) groups excluding carboxylic acids is 1. The maximum atomic E-state index is 13.4. The molecule has 0 aliphatic carbocycles. The molecule has 0 bridgehead atoms.